The molecule has 3 heterocycles. The molecule has 0 atom stereocenters. The normalized spacial score (nSPS) is 17.8. The zero-order chi connectivity index (χ0) is 21.0. The largest absolute Gasteiger partial charge is 0.416 e. The summed E-state index contributed by atoms with van der Waals surface area (Å²) in [6.07, 6.45) is -4.45. The number of alkyl halides is 3. The minimum Gasteiger partial charge on any atom is -0.379 e. The molecule has 2 aliphatic heterocycles. The molecule has 2 aliphatic rings. The van der Waals surface area contributed by atoms with Gasteiger partial charge in [-0.15, -0.1) is 0 Å². The number of amidine groups is 1. The minimum atomic E-state index is -4.45. The van der Waals surface area contributed by atoms with Crippen LogP contribution in [0, 0.1) is 0 Å². The van der Waals surface area contributed by atoms with Crippen LogP contribution in [0.25, 0.3) is 0 Å². The van der Waals surface area contributed by atoms with Crippen molar-refractivity contribution in [3.05, 3.63) is 41.2 Å². The van der Waals surface area contributed by atoms with Gasteiger partial charge >= 0.3 is 6.18 Å². The maximum Gasteiger partial charge on any atom is 0.416 e. The fourth-order valence-electron chi connectivity index (χ4n) is 3.24. The second kappa shape index (κ2) is 8.98. The fourth-order valence-corrected chi connectivity index (χ4v) is 3.24. The molecule has 30 heavy (non-hydrogen) atoms. The van der Waals surface area contributed by atoms with Crippen molar-refractivity contribution in [3.63, 3.8) is 0 Å². The summed E-state index contributed by atoms with van der Waals surface area (Å²) in [7, 11) is 0. The number of ether oxygens (including phenoxy) is 1. The summed E-state index contributed by atoms with van der Waals surface area (Å²) in [5.74, 6) is 0.251. The van der Waals surface area contributed by atoms with Crippen LogP contribution in [0.5, 0.6) is 0 Å². The molecule has 1 saturated heterocycles. The van der Waals surface area contributed by atoms with Crippen LogP contribution in [0.2, 0.25) is 0 Å². The number of anilines is 1. The summed E-state index contributed by atoms with van der Waals surface area (Å²) in [5.41, 5.74) is 0.354. The van der Waals surface area contributed by atoms with E-state index in [-0.39, 0.29) is 18.3 Å². The molecule has 9 nitrogen and oxygen atoms in total. The maximum atomic E-state index is 13.1. The number of rotatable bonds is 7. The lowest BCUT2D eigenvalue weighted by Crippen LogP contribution is -2.40. The van der Waals surface area contributed by atoms with Crippen molar-refractivity contribution in [1.82, 2.24) is 20.5 Å². The monoisotopic (exact) mass is 426 g/mol. The van der Waals surface area contributed by atoms with E-state index in [1.807, 2.05) is 0 Å². The standard InChI is InChI=1S/C18H21F3N6O3/c19-18(20,21)13-2-1-3-14(10-13)27-12-29-25-17(27)16-15(23-30-24-16)11-22-4-5-26-6-8-28-9-7-26/h1-3,10,22H,4-9,11-12H2. The zero-order valence-electron chi connectivity index (χ0n) is 16.1. The third-order valence-corrected chi connectivity index (χ3v) is 4.85. The summed E-state index contributed by atoms with van der Waals surface area (Å²) in [6.45, 7) is 5.21. The third-order valence-electron chi connectivity index (χ3n) is 4.85. The quantitative estimate of drug-likeness (QED) is 0.669. The lowest BCUT2D eigenvalue weighted by atomic mass is 10.1. The molecular formula is C18H21F3N6O3. The average Bonchev–Trinajstić information content (AvgIpc) is 3.40. The van der Waals surface area contributed by atoms with E-state index < -0.39 is 11.7 Å². The van der Waals surface area contributed by atoms with Crippen LogP contribution in [0.1, 0.15) is 17.0 Å². The Balaban J connectivity index is 1.41. The SMILES string of the molecule is FC(F)(F)c1cccc(N2CON=C2c2nonc2CNCCN2CCOCC2)c1. The van der Waals surface area contributed by atoms with Gasteiger partial charge in [-0.1, -0.05) is 16.4 Å². The van der Waals surface area contributed by atoms with E-state index in [0.29, 0.717) is 17.9 Å². The number of aromatic nitrogens is 2. The molecule has 1 aromatic heterocycles. The number of oxime groups is 1. The predicted molar refractivity (Wildman–Crippen MR) is 99.7 cm³/mol. The summed E-state index contributed by atoms with van der Waals surface area (Å²) in [6, 6.07) is 4.94. The van der Waals surface area contributed by atoms with Gasteiger partial charge < -0.3 is 14.9 Å². The van der Waals surface area contributed by atoms with Gasteiger partial charge in [0.15, 0.2) is 12.4 Å². The Morgan fingerprint density at radius 3 is 2.77 bits per heavy atom. The Labute approximate surface area is 170 Å². The van der Waals surface area contributed by atoms with Gasteiger partial charge in [0.05, 0.1) is 18.8 Å². The van der Waals surface area contributed by atoms with E-state index in [9.17, 15) is 13.2 Å². The third kappa shape index (κ3) is 4.71. The number of nitrogens with zero attached hydrogens (tertiary/aromatic N) is 5. The Kier molecular flexibility index (Phi) is 6.16. The topological polar surface area (TPSA) is 88.2 Å². The first-order valence-corrected chi connectivity index (χ1v) is 9.50. The van der Waals surface area contributed by atoms with E-state index >= 15 is 0 Å². The van der Waals surface area contributed by atoms with Crippen molar-refractivity contribution in [2.24, 2.45) is 5.16 Å². The molecule has 12 heteroatoms. The lowest BCUT2D eigenvalue weighted by molar-refractivity contribution is -0.137. The number of hydrogen-bond acceptors (Lipinski definition) is 9. The summed E-state index contributed by atoms with van der Waals surface area (Å²) >= 11 is 0. The van der Waals surface area contributed by atoms with E-state index in [0.717, 1.165) is 51.5 Å². The number of benzene rings is 1. The van der Waals surface area contributed by atoms with Crippen molar-refractivity contribution in [2.45, 2.75) is 12.7 Å². The van der Waals surface area contributed by atoms with Crippen LogP contribution in [0.4, 0.5) is 18.9 Å². The van der Waals surface area contributed by atoms with Crippen molar-refractivity contribution >= 4 is 11.5 Å². The van der Waals surface area contributed by atoms with Crippen LogP contribution in [-0.2, 0) is 22.3 Å². The second-order valence-corrected chi connectivity index (χ2v) is 6.84. The van der Waals surface area contributed by atoms with Gasteiger partial charge in [-0.05, 0) is 23.4 Å². The molecular weight excluding hydrogens is 405 g/mol. The minimum absolute atomic E-state index is 0.0343. The Morgan fingerprint density at radius 1 is 1.13 bits per heavy atom. The zero-order valence-corrected chi connectivity index (χ0v) is 16.1. The molecule has 0 unspecified atom stereocenters. The van der Waals surface area contributed by atoms with Crippen molar-refractivity contribution in [1.29, 1.82) is 0 Å². The molecule has 0 radical (unpaired) electrons. The molecule has 1 N–H and O–H groups in total. The Bertz CT molecular complexity index is 882. The number of halogens is 3. The van der Waals surface area contributed by atoms with Gasteiger partial charge in [-0.2, -0.15) is 13.2 Å². The molecule has 2 aromatic rings. The lowest BCUT2D eigenvalue weighted by Gasteiger charge is -2.26. The molecule has 1 aromatic carbocycles. The molecule has 0 saturated carbocycles. The highest BCUT2D eigenvalue weighted by Gasteiger charge is 2.33. The number of nitrogens with one attached hydrogen (secondary N) is 1. The highest BCUT2D eigenvalue weighted by atomic mass is 19.4. The highest BCUT2D eigenvalue weighted by Crippen LogP contribution is 2.32. The molecule has 0 aliphatic carbocycles. The highest BCUT2D eigenvalue weighted by molar-refractivity contribution is 6.09. The van der Waals surface area contributed by atoms with Crippen molar-refractivity contribution in [3.8, 4) is 0 Å². The summed E-state index contributed by atoms with van der Waals surface area (Å²) in [5, 5.41) is 15.0. The Hall–Kier alpha value is -2.70. The van der Waals surface area contributed by atoms with Gasteiger partial charge in [0.25, 0.3) is 0 Å². The summed E-state index contributed by atoms with van der Waals surface area (Å²) < 4.78 is 49.4. The van der Waals surface area contributed by atoms with Crippen molar-refractivity contribution in [2.75, 3.05) is 51.0 Å². The number of morpholine rings is 1. The first-order chi connectivity index (χ1) is 14.5. The molecule has 0 bridgehead atoms. The van der Waals surface area contributed by atoms with Gasteiger partial charge in [-0.3, -0.25) is 9.80 Å². The molecule has 4 rings (SSSR count). The van der Waals surface area contributed by atoms with Crippen LogP contribution in [-0.4, -0.2) is 67.2 Å². The smallest absolute Gasteiger partial charge is 0.379 e. The molecule has 1 fully saturated rings. The van der Waals surface area contributed by atoms with Crippen LogP contribution in [0.3, 0.4) is 0 Å². The van der Waals surface area contributed by atoms with Crippen LogP contribution >= 0.6 is 0 Å². The average molecular weight is 426 g/mol. The Morgan fingerprint density at radius 2 is 1.97 bits per heavy atom. The van der Waals surface area contributed by atoms with E-state index in [4.69, 9.17) is 14.2 Å². The maximum absolute atomic E-state index is 13.1. The fraction of sp³-hybridized carbons (Fsp3) is 0.500. The van der Waals surface area contributed by atoms with E-state index in [1.54, 1.807) is 6.07 Å². The second-order valence-electron chi connectivity index (χ2n) is 6.84. The molecule has 0 spiro atoms. The van der Waals surface area contributed by atoms with E-state index in [1.165, 1.54) is 11.0 Å². The first kappa shape index (κ1) is 20.6. The van der Waals surface area contributed by atoms with Crippen molar-refractivity contribution < 1.29 is 27.4 Å². The summed E-state index contributed by atoms with van der Waals surface area (Å²) in [4.78, 5) is 8.90. The van der Waals surface area contributed by atoms with Gasteiger partial charge in [0.2, 0.25) is 5.84 Å². The van der Waals surface area contributed by atoms with Gasteiger partial charge in [0, 0.05) is 38.4 Å². The van der Waals surface area contributed by atoms with E-state index in [2.05, 4.69) is 25.7 Å². The predicted octanol–water partition coefficient (Wildman–Crippen LogP) is 1.67. The molecule has 162 valence electrons. The van der Waals surface area contributed by atoms with Crippen LogP contribution in [0.15, 0.2) is 34.1 Å². The first-order valence-electron chi connectivity index (χ1n) is 9.50. The van der Waals surface area contributed by atoms with Gasteiger partial charge in [0.1, 0.15) is 5.69 Å². The van der Waals surface area contributed by atoms with Crippen LogP contribution < -0.4 is 10.2 Å². The number of hydrogen-bond donors (Lipinski definition) is 1. The van der Waals surface area contributed by atoms with Gasteiger partial charge in [-0.25, -0.2) is 4.63 Å². The molecule has 0 amide bonds.